The lowest BCUT2D eigenvalue weighted by molar-refractivity contribution is 0.262. The highest BCUT2D eigenvalue weighted by atomic mass is 32.2. The monoisotopic (exact) mass is 441 g/mol. The van der Waals surface area contributed by atoms with Crippen molar-refractivity contribution in [3.8, 4) is 11.1 Å². The molecule has 1 aromatic heterocycles. The van der Waals surface area contributed by atoms with Crippen LogP contribution in [0.4, 0.5) is 5.82 Å². The van der Waals surface area contributed by atoms with Gasteiger partial charge in [-0.3, -0.25) is 4.72 Å². The Kier molecular flexibility index (Phi) is 7.74. The Morgan fingerprint density at radius 1 is 1.31 bits per heavy atom. The molecule has 2 rings (SSSR count). The van der Waals surface area contributed by atoms with Gasteiger partial charge in [0.15, 0.2) is 5.84 Å². The molecule has 14 heteroatoms. The number of nitrogen functional groups attached to an aromatic ring is 1. The van der Waals surface area contributed by atoms with Crippen LogP contribution in [-0.4, -0.2) is 43.5 Å². The summed E-state index contributed by atoms with van der Waals surface area (Å²) in [6.07, 6.45) is 1.49. The molecule has 1 unspecified atom stereocenters. The fraction of sp³-hybridized carbons (Fsp3) is 0.200. The first-order chi connectivity index (χ1) is 13.7. The highest BCUT2D eigenvalue weighted by Crippen LogP contribution is 2.36. The van der Waals surface area contributed by atoms with Crippen molar-refractivity contribution in [1.82, 2.24) is 15.2 Å². The van der Waals surface area contributed by atoms with Crippen LogP contribution in [0.3, 0.4) is 0 Å². The molecule has 158 valence electrons. The summed E-state index contributed by atoms with van der Waals surface area (Å²) in [7, 11) is -4.28. The number of sulfonamides is 1. The van der Waals surface area contributed by atoms with E-state index in [2.05, 4.69) is 14.8 Å². The molecule has 1 atom stereocenters. The summed E-state index contributed by atoms with van der Waals surface area (Å²) in [6, 6.07) is 5.95. The average molecular weight is 442 g/mol. The SMILES string of the molecule is NCC(CO)NSc1ccc(-c2cccnc2N)c(/C(N)=N/NN)c1S(N)(=O)=O. The molecule has 0 amide bonds. The fourth-order valence-electron chi connectivity index (χ4n) is 2.48. The normalized spacial score (nSPS) is 13.3. The number of benzene rings is 1. The van der Waals surface area contributed by atoms with E-state index in [1.807, 2.05) is 5.53 Å². The summed E-state index contributed by atoms with van der Waals surface area (Å²) in [5.41, 5.74) is 20.3. The molecule has 29 heavy (non-hydrogen) atoms. The van der Waals surface area contributed by atoms with E-state index < -0.39 is 16.1 Å². The molecule has 0 saturated heterocycles. The molecule has 0 fully saturated rings. The summed E-state index contributed by atoms with van der Waals surface area (Å²) in [4.78, 5) is 3.94. The van der Waals surface area contributed by atoms with Crippen molar-refractivity contribution in [1.29, 1.82) is 0 Å². The molecule has 1 heterocycles. The lowest BCUT2D eigenvalue weighted by Gasteiger charge is -2.19. The van der Waals surface area contributed by atoms with Gasteiger partial charge in [0.05, 0.1) is 12.6 Å². The number of amidine groups is 1. The Labute approximate surface area is 172 Å². The number of hydrogen-bond donors (Lipinski definition) is 8. The topological polar surface area (TPSA) is 234 Å². The van der Waals surface area contributed by atoms with E-state index in [-0.39, 0.29) is 40.2 Å². The van der Waals surface area contributed by atoms with Gasteiger partial charge in [0.2, 0.25) is 10.0 Å². The zero-order valence-corrected chi connectivity index (χ0v) is 16.9. The minimum absolute atomic E-state index is 0.00486. The van der Waals surface area contributed by atoms with Gasteiger partial charge in [-0.1, -0.05) is 6.07 Å². The van der Waals surface area contributed by atoms with Gasteiger partial charge in [-0.15, -0.1) is 5.10 Å². The van der Waals surface area contributed by atoms with Crippen LogP contribution >= 0.6 is 11.9 Å². The molecular weight excluding hydrogens is 418 g/mol. The van der Waals surface area contributed by atoms with Gasteiger partial charge in [-0.2, -0.15) is 0 Å². The lowest BCUT2D eigenvalue weighted by Crippen LogP contribution is -2.35. The zero-order valence-electron chi connectivity index (χ0n) is 15.2. The third kappa shape index (κ3) is 5.33. The first-order valence-electron chi connectivity index (χ1n) is 8.17. The van der Waals surface area contributed by atoms with Crippen molar-refractivity contribution in [3.05, 3.63) is 36.0 Å². The molecule has 12 nitrogen and oxygen atoms in total. The van der Waals surface area contributed by atoms with Gasteiger partial charge < -0.3 is 22.3 Å². The van der Waals surface area contributed by atoms with Gasteiger partial charge in [-0.05, 0) is 35.7 Å². The molecule has 2 aromatic rings. The van der Waals surface area contributed by atoms with E-state index in [4.69, 9.17) is 28.2 Å². The van der Waals surface area contributed by atoms with Gasteiger partial charge in [-0.25, -0.2) is 29.9 Å². The molecule has 0 bridgehead atoms. The minimum Gasteiger partial charge on any atom is -0.395 e. The molecular formula is C15H23N9O3S2. The van der Waals surface area contributed by atoms with Crippen LogP contribution in [0.25, 0.3) is 11.1 Å². The largest absolute Gasteiger partial charge is 0.395 e. The highest BCUT2D eigenvalue weighted by Gasteiger charge is 2.27. The van der Waals surface area contributed by atoms with Crippen molar-refractivity contribution in [2.45, 2.75) is 15.8 Å². The Morgan fingerprint density at radius 3 is 2.59 bits per heavy atom. The number of hydrazine groups is 1. The van der Waals surface area contributed by atoms with Gasteiger partial charge in [0.1, 0.15) is 10.7 Å². The van der Waals surface area contributed by atoms with Gasteiger partial charge >= 0.3 is 0 Å². The second-order valence-electron chi connectivity index (χ2n) is 5.76. The van der Waals surface area contributed by atoms with Crippen LogP contribution in [-0.2, 0) is 10.0 Å². The number of nitrogens with one attached hydrogen (secondary N) is 2. The van der Waals surface area contributed by atoms with Crippen molar-refractivity contribution in [2.75, 3.05) is 18.9 Å². The van der Waals surface area contributed by atoms with Crippen LogP contribution in [0.2, 0.25) is 0 Å². The lowest BCUT2D eigenvalue weighted by atomic mass is 9.99. The first kappa shape index (κ1) is 22.8. The van der Waals surface area contributed by atoms with Gasteiger partial charge in [0.25, 0.3) is 0 Å². The highest BCUT2D eigenvalue weighted by molar-refractivity contribution is 7.98. The molecule has 0 aliphatic heterocycles. The molecule has 1 aromatic carbocycles. The number of aliphatic hydroxyl groups excluding tert-OH is 1. The number of rotatable bonds is 9. The standard InChI is InChI=1S/C15H23N9O3S2/c16-6-8(7-25)23-28-11-4-3-9(10-2-1-5-21-14(10)17)12(15(18)22-24-19)13(11)29(20,26)27/h1-5,8,23-25H,6-7,16,19H2,(H2,17,21)(H2,18,22)(H2,20,26,27). The number of primary sulfonamides is 1. The fourth-order valence-corrected chi connectivity index (χ4v) is 4.60. The van der Waals surface area contributed by atoms with Crippen molar-refractivity contribution in [2.24, 2.45) is 27.6 Å². The summed E-state index contributed by atoms with van der Waals surface area (Å²) in [5, 5.41) is 18.5. The maximum Gasteiger partial charge on any atom is 0.239 e. The number of hydrazone groups is 1. The molecule has 13 N–H and O–H groups in total. The number of nitrogens with two attached hydrogens (primary N) is 5. The summed E-state index contributed by atoms with van der Waals surface area (Å²) in [6.45, 7) is -0.113. The summed E-state index contributed by atoms with van der Waals surface area (Å²) < 4.78 is 27.9. The Hall–Kier alpha value is -2.46. The quantitative estimate of drug-likeness (QED) is 0.0695. The molecule has 0 saturated carbocycles. The van der Waals surface area contributed by atoms with E-state index in [0.29, 0.717) is 11.1 Å². The Morgan fingerprint density at radius 2 is 2.03 bits per heavy atom. The van der Waals surface area contributed by atoms with Gasteiger partial charge in [0, 0.05) is 28.8 Å². The first-order valence-corrected chi connectivity index (χ1v) is 10.5. The summed E-state index contributed by atoms with van der Waals surface area (Å²) >= 11 is 0.931. The van der Waals surface area contributed by atoms with Crippen LogP contribution in [0, 0.1) is 0 Å². The predicted molar refractivity (Wildman–Crippen MR) is 112 cm³/mol. The van der Waals surface area contributed by atoms with E-state index in [1.54, 1.807) is 18.2 Å². The molecule has 0 aliphatic carbocycles. The second-order valence-corrected chi connectivity index (χ2v) is 8.14. The maximum absolute atomic E-state index is 12.5. The number of aromatic nitrogens is 1. The zero-order chi connectivity index (χ0) is 21.6. The minimum atomic E-state index is -4.28. The van der Waals surface area contributed by atoms with Crippen molar-refractivity contribution in [3.63, 3.8) is 0 Å². The Bertz CT molecular complexity index is 995. The number of anilines is 1. The smallest absolute Gasteiger partial charge is 0.239 e. The van der Waals surface area contributed by atoms with Crippen LogP contribution in [0.5, 0.6) is 0 Å². The number of nitrogens with zero attached hydrogens (tertiary/aromatic N) is 2. The van der Waals surface area contributed by atoms with Crippen molar-refractivity contribution >= 4 is 33.6 Å². The van der Waals surface area contributed by atoms with Crippen LogP contribution < -0.4 is 38.4 Å². The van der Waals surface area contributed by atoms with E-state index in [9.17, 15) is 13.5 Å². The third-order valence-electron chi connectivity index (χ3n) is 3.82. The molecule has 0 spiro atoms. The number of pyridine rings is 1. The van der Waals surface area contributed by atoms with Crippen LogP contribution in [0.1, 0.15) is 5.56 Å². The maximum atomic E-state index is 12.5. The predicted octanol–water partition coefficient (Wildman–Crippen LogP) is -2.02. The number of hydrogen-bond acceptors (Lipinski definition) is 11. The second kappa shape index (κ2) is 9.84. The molecule has 0 radical (unpaired) electrons. The average Bonchev–Trinajstić information content (AvgIpc) is 2.68. The van der Waals surface area contributed by atoms with Crippen molar-refractivity contribution < 1.29 is 13.5 Å². The molecule has 0 aliphatic rings. The number of aliphatic hydroxyl groups is 1. The third-order valence-corrected chi connectivity index (χ3v) is 5.95. The summed E-state index contributed by atoms with van der Waals surface area (Å²) in [5.74, 6) is 5.15. The van der Waals surface area contributed by atoms with E-state index >= 15 is 0 Å². The van der Waals surface area contributed by atoms with Crippen LogP contribution in [0.15, 0.2) is 45.4 Å². The van der Waals surface area contributed by atoms with E-state index in [0.717, 1.165) is 11.9 Å². The van der Waals surface area contributed by atoms with E-state index in [1.165, 1.54) is 12.3 Å². The Balaban J connectivity index is 2.78.